The number of hydrogen-bond donors (Lipinski definition) is 1. The first-order chi connectivity index (χ1) is 9.04. The van der Waals surface area contributed by atoms with Gasteiger partial charge in [0.15, 0.2) is 9.84 Å². The lowest BCUT2D eigenvalue weighted by Gasteiger charge is -2.29. The van der Waals surface area contributed by atoms with Gasteiger partial charge in [0.1, 0.15) is 0 Å². The first-order valence-electron chi connectivity index (χ1n) is 6.70. The second-order valence-corrected chi connectivity index (χ2v) is 8.32. The monoisotopic (exact) mass is 299 g/mol. The van der Waals surface area contributed by atoms with Gasteiger partial charge in [-0.05, 0) is 30.7 Å². The molecule has 2 rings (SSSR count). The largest absolute Gasteiger partial charge is 0.307 e. The molecule has 0 fully saturated rings. The number of hydrogen-bond acceptors (Lipinski definition) is 4. The minimum Gasteiger partial charge on any atom is -0.307 e. The van der Waals surface area contributed by atoms with Crippen LogP contribution in [0.1, 0.15) is 31.9 Å². The fourth-order valence-electron chi connectivity index (χ4n) is 2.45. The van der Waals surface area contributed by atoms with E-state index >= 15 is 0 Å². The third kappa shape index (κ3) is 3.52. The van der Waals surface area contributed by atoms with Crippen molar-refractivity contribution in [3.05, 3.63) is 29.8 Å². The molecule has 0 aromatic heterocycles. The summed E-state index contributed by atoms with van der Waals surface area (Å²) in [6, 6.07) is 7.93. The van der Waals surface area contributed by atoms with E-state index in [0.29, 0.717) is 17.4 Å². The van der Waals surface area contributed by atoms with Crippen LogP contribution in [-0.2, 0) is 9.84 Å². The Morgan fingerprint density at radius 1 is 1.42 bits per heavy atom. The molecule has 1 heterocycles. The van der Waals surface area contributed by atoms with Crippen LogP contribution in [-0.4, -0.2) is 31.7 Å². The predicted octanol–water partition coefficient (Wildman–Crippen LogP) is 2.64. The van der Waals surface area contributed by atoms with Gasteiger partial charge in [0, 0.05) is 17.8 Å². The molecule has 19 heavy (non-hydrogen) atoms. The van der Waals surface area contributed by atoms with Crippen molar-refractivity contribution in [1.29, 1.82) is 0 Å². The molecule has 1 aliphatic rings. The summed E-state index contributed by atoms with van der Waals surface area (Å²) in [5, 5.41) is 3.56. The van der Waals surface area contributed by atoms with Gasteiger partial charge in [0.25, 0.3) is 0 Å². The molecule has 1 aromatic carbocycles. The first-order valence-corrected chi connectivity index (χ1v) is 9.50. The molecule has 1 N–H and O–H groups in total. The van der Waals surface area contributed by atoms with Crippen LogP contribution in [0, 0.1) is 0 Å². The van der Waals surface area contributed by atoms with Crippen molar-refractivity contribution in [3.8, 4) is 0 Å². The molecule has 0 saturated carbocycles. The van der Waals surface area contributed by atoms with Crippen LogP contribution in [0.2, 0.25) is 0 Å². The quantitative estimate of drug-likeness (QED) is 0.908. The molecule has 0 saturated heterocycles. The van der Waals surface area contributed by atoms with Gasteiger partial charge in [-0.25, -0.2) is 8.42 Å². The van der Waals surface area contributed by atoms with E-state index in [1.807, 2.05) is 23.9 Å². The van der Waals surface area contributed by atoms with Crippen molar-refractivity contribution in [1.82, 2.24) is 5.32 Å². The van der Waals surface area contributed by atoms with E-state index in [1.165, 1.54) is 0 Å². The van der Waals surface area contributed by atoms with E-state index in [2.05, 4.69) is 19.2 Å². The fraction of sp³-hybridized carbons (Fsp3) is 0.571. The maximum Gasteiger partial charge on any atom is 0.178 e. The zero-order valence-corrected chi connectivity index (χ0v) is 13.1. The minimum atomic E-state index is -3.07. The van der Waals surface area contributed by atoms with Gasteiger partial charge < -0.3 is 5.32 Å². The van der Waals surface area contributed by atoms with Crippen molar-refractivity contribution in [2.24, 2.45) is 0 Å². The molecule has 0 radical (unpaired) electrons. The third-order valence-electron chi connectivity index (χ3n) is 3.36. The maximum absolute atomic E-state index is 12.0. The lowest BCUT2D eigenvalue weighted by Crippen LogP contribution is -2.36. The molecule has 3 nitrogen and oxygen atoms in total. The highest BCUT2D eigenvalue weighted by atomic mass is 32.2. The van der Waals surface area contributed by atoms with Gasteiger partial charge in [-0.2, -0.15) is 11.8 Å². The smallest absolute Gasteiger partial charge is 0.178 e. The highest BCUT2D eigenvalue weighted by molar-refractivity contribution is 7.99. The molecule has 2 atom stereocenters. The highest BCUT2D eigenvalue weighted by Gasteiger charge is 2.30. The number of fused-ring (bicyclic) bond motifs is 1. The van der Waals surface area contributed by atoms with Gasteiger partial charge >= 0.3 is 0 Å². The summed E-state index contributed by atoms with van der Waals surface area (Å²) in [7, 11) is -3.07. The molecule has 0 bridgehead atoms. The summed E-state index contributed by atoms with van der Waals surface area (Å²) >= 11 is 1.91. The molecular weight excluding hydrogens is 278 g/mol. The van der Waals surface area contributed by atoms with E-state index in [1.54, 1.807) is 12.1 Å². The van der Waals surface area contributed by atoms with E-state index in [0.717, 1.165) is 17.1 Å². The third-order valence-corrected chi connectivity index (χ3v) is 6.32. The Morgan fingerprint density at radius 3 is 2.89 bits per heavy atom. The second kappa shape index (κ2) is 6.29. The Morgan fingerprint density at radius 2 is 2.16 bits per heavy atom. The molecule has 1 aliphatic heterocycles. The molecule has 1 aromatic rings. The maximum atomic E-state index is 12.0. The van der Waals surface area contributed by atoms with Gasteiger partial charge in [0.05, 0.1) is 10.6 Å². The average Bonchev–Trinajstić information content (AvgIpc) is 2.40. The molecule has 5 heteroatoms. The van der Waals surface area contributed by atoms with Crippen LogP contribution < -0.4 is 5.32 Å². The fourth-order valence-corrected chi connectivity index (χ4v) is 4.76. The predicted molar refractivity (Wildman–Crippen MR) is 81.4 cm³/mol. The van der Waals surface area contributed by atoms with E-state index in [9.17, 15) is 8.42 Å². The Bertz CT molecular complexity index is 528. The van der Waals surface area contributed by atoms with Gasteiger partial charge in [-0.1, -0.05) is 25.1 Å². The standard InChI is InChI=1S/C14H21NO2S2/c1-3-18-10-11(2)15-13-8-9-19(16,17)14-7-5-4-6-12(13)14/h4-7,11,13,15H,3,8-10H2,1-2H3. The molecule has 0 spiro atoms. The number of nitrogens with one attached hydrogen (secondary N) is 1. The lowest BCUT2D eigenvalue weighted by atomic mass is 10.0. The Hall–Kier alpha value is -0.520. The van der Waals surface area contributed by atoms with Gasteiger partial charge in [-0.15, -0.1) is 0 Å². The summed E-state index contributed by atoms with van der Waals surface area (Å²) < 4.78 is 24.1. The van der Waals surface area contributed by atoms with Gasteiger partial charge in [-0.3, -0.25) is 0 Å². The highest BCUT2D eigenvalue weighted by Crippen LogP contribution is 2.32. The molecule has 0 aliphatic carbocycles. The summed E-state index contributed by atoms with van der Waals surface area (Å²) in [5.41, 5.74) is 0.932. The van der Waals surface area contributed by atoms with Crippen LogP contribution >= 0.6 is 11.8 Å². The minimum absolute atomic E-state index is 0.159. The normalized spacial score (nSPS) is 22.7. The van der Waals surface area contributed by atoms with Crippen molar-refractivity contribution in [2.45, 2.75) is 37.2 Å². The first kappa shape index (κ1) is 14.9. The average molecular weight is 299 g/mol. The SMILES string of the molecule is CCSCC(C)NC1CCS(=O)(=O)c2ccccc21. The number of benzene rings is 1. The Labute approximate surface area is 120 Å². The van der Waals surface area contributed by atoms with Crippen LogP contribution in [0.3, 0.4) is 0 Å². The molecular formula is C14H21NO2S2. The summed E-state index contributed by atoms with van der Waals surface area (Å²) in [6.07, 6.45) is 0.667. The second-order valence-electron chi connectivity index (χ2n) is 4.93. The zero-order chi connectivity index (χ0) is 13.9. The van der Waals surface area contributed by atoms with E-state index in [-0.39, 0.29) is 11.8 Å². The Balaban J connectivity index is 2.16. The summed E-state index contributed by atoms with van der Waals surface area (Å²) in [6.45, 7) is 4.31. The zero-order valence-electron chi connectivity index (χ0n) is 11.4. The molecule has 106 valence electrons. The lowest BCUT2D eigenvalue weighted by molar-refractivity contribution is 0.453. The van der Waals surface area contributed by atoms with Crippen molar-refractivity contribution in [3.63, 3.8) is 0 Å². The Kier molecular flexibility index (Phi) is 4.92. The van der Waals surface area contributed by atoms with Gasteiger partial charge in [0.2, 0.25) is 0 Å². The van der Waals surface area contributed by atoms with Crippen molar-refractivity contribution in [2.75, 3.05) is 17.3 Å². The van der Waals surface area contributed by atoms with E-state index < -0.39 is 9.84 Å². The number of thioether (sulfide) groups is 1. The molecule has 0 amide bonds. The number of rotatable bonds is 5. The van der Waals surface area contributed by atoms with Crippen molar-refractivity contribution < 1.29 is 8.42 Å². The van der Waals surface area contributed by atoms with Crippen LogP contribution in [0.15, 0.2) is 29.2 Å². The van der Waals surface area contributed by atoms with Crippen LogP contribution in [0.25, 0.3) is 0 Å². The van der Waals surface area contributed by atoms with Crippen LogP contribution in [0.4, 0.5) is 0 Å². The number of sulfone groups is 1. The van der Waals surface area contributed by atoms with Crippen LogP contribution in [0.5, 0.6) is 0 Å². The summed E-state index contributed by atoms with van der Waals surface area (Å²) in [5.74, 6) is 2.42. The summed E-state index contributed by atoms with van der Waals surface area (Å²) in [4.78, 5) is 0.508. The molecule has 2 unspecified atom stereocenters. The van der Waals surface area contributed by atoms with E-state index in [4.69, 9.17) is 0 Å². The van der Waals surface area contributed by atoms with Crippen molar-refractivity contribution >= 4 is 21.6 Å². The topological polar surface area (TPSA) is 46.2 Å².